The lowest BCUT2D eigenvalue weighted by Gasteiger charge is -2.26. The third-order valence-corrected chi connectivity index (χ3v) is 4.45. The Morgan fingerprint density at radius 3 is 2.73 bits per heavy atom. The van der Waals surface area contributed by atoms with Gasteiger partial charge in [-0.15, -0.1) is 0 Å². The predicted octanol–water partition coefficient (Wildman–Crippen LogP) is 1.30. The summed E-state index contributed by atoms with van der Waals surface area (Å²) in [7, 11) is 8.07. The van der Waals surface area contributed by atoms with Gasteiger partial charge in [-0.1, -0.05) is 12.8 Å². The molecule has 1 aromatic heterocycles. The number of aliphatic imine (C=N–C) groups is 1. The summed E-state index contributed by atoms with van der Waals surface area (Å²) < 4.78 is 1.83. The van der Waals surface area contributed by atoms with E-state index in [2.05, 4.69) is 39.3 Å². The van der Waals surface area contributed by atoms with Gasteiger partial charge >= 0.3 is 0 Å². The minimum Gasteiger partial charge on any atom is -0.355 e. The normalized spacial score (nSPS) is 16.5. The van der Waals surface area contributed by atoms with E-state index in [1.807, 2.05) is 31.2 Å². The third kappa shape index (κ3) is 4.73. The second-order valence-corrected chi connectivity index (χ2v) is 6.27. The molecule has 1 fully saturated rings. The highest BCUT2D eigenvalue weighted by molar-refractivity contribution is 5.79. The van der Waals surface area contributed by atoms with Crippen molar-refractivity contribution in [1.29, 1.82) is 0 Å². The van der Waals surface area contributed by atoms with Crippen LogP contribution in [0.15, 0.2) is 17.4 Å². The van der Waals surface area contributed by atoms with Crippen molar-refractivity contribution in [2.24, 2.45) is 12.0 Å². The van der Waals surface area contributed by atoms with Gasteiger partial charge in [-0.3, -0.25) is 9.67 Å². The van der Waals surface area contributed by atoms with E-state index in [9.17, 15) is 0 Å². The SMILES string of the molecule is CN=C(NCCN(C)C1CCCC1)N(C)Cc1cnn(C)c1. The van der Waals surface area contributed by atoms with Crippen LogP contribution in [0.3, 0.4) is 0 Å². The molecule has 1 saturated carbocycles. The zero-order valence-electron chi connectivity index (χ0n) is 14.4. The number of rotatable bonds is 6. The van der Waals surface area contributed by atoms with Gasteiger partial charge in [0.2, 0.25) is 0 Å². The van der Waals surface area contributed by atoms with E-state index in [1.54, 1.807) is 0 Å². The van der Waals surface area contributed by atoms with E-state index in [-0.39, 0.29) is 0 Å². The molecule has 0 unspecified atom stereocenters. The maximum absolute atomic E-state index is 4.37. The number of likely N-dealkylation sites (N-methyl/N-ethyl adjacent to an activating group) is 1. The largest absolute Gasteiger partial charge is 0.355 e. The van der Waals surface area contributed by atoms with Gasteiger partial charge < -0.3 is 15.1 Å². The quantitative estimate of drug-likeness (QED) is 0.636. The first kappa shape index (κ1) is 16.8. The summed E-state index contributed by atoms with van der Waals surface area (Å²) in [5.74, 6) is 0.934. The maximum Gasteiger partial charge on any atom is 0.193 e. The molecule has 1 aromatic rings. The average Bonchev–Trinajstić information content (AvgIpc) is 3.15. The fraction of sp³-hybridized carbons (Fsp3) is 0.750. The molecule has 22 heavy (non-hydrogen) atoms. The molecule has 0 saturated heterocycles. The van der Waals surface area contributed by atoms with E-state index >= 15 is 0 Å². The molecule has 0 atom stereocenters. The Morgan fingerprint density at radius 2 is 2.14 bits per heavy atom. The number of hydrogen-bond donors (Lipinski definition) is 1. The number of hydrogen-bond acceptors (Lipinski definition) is 3. The van der Waals surface area contributed by atoms with E-state index in [4.69, 9.17) is 0 Å². The summed E-state index contributed by atoms with van der Waals surface area (Å²) >= 11 is 0. The number of aromatic nitrogens is 2. The van der Waals surface area contributed by atoms with Gasteiger partial charge in [-0.25, -0.2) is 0 Å². The highest BCUT2D eigenvalue weighted by Crippen LogP contribution is 2.21. The van der Waals surface area contributed by atoms with Gasteiger partial charge in [0, 0.05) is 58.6 Å². The summed E-state index contributed by atoms with van der Waals surface area (Å²) in [4.78, 5) is 8.98. The molecule has 124 valence electrons. The lowest BCUT2D eigenvalue weighted by Crippen LogP contribution is -2.43. The topological polar surface area (TPSA) is 48.7 Å². The lowest BCUT2D eigenvalue weighted by molar-refractivity contribution is 0.248. The molecule has 0 aliphatic heterocycles. The Labute approximate surface area is 134 Å². The van der Waals surface area contributed by atoms with E-state index in [0.717, 1.165) is 31.6 Å². The molecular formula is C16H30N6. The van der Waals surface area contributed by atoms with Crippen molar-refractivity contribution in [2.75, 3.05) is 34.2 Å². The summed E-state index contributed by atoms with van der Waals surface area (Å²) in [5.41, 5.74) is 1.19. The first-order valence-corrected chi connectivity index (χ1v) is 8.19. The Bertz CT molecular complexity index is 475. The van der Waals surface area contributed by atoms with Crippen molar-refractivity contribution in [3.63, 3.8) is 0 Å². The van der Waals surface area contributed by atoms with Gasteiger partial charge in [0.05, 0.1) is 6.20 Å². The van der Waals surface area contributed by atoms with Crippen molar-refractivity contribution >= 4 is 5.96 Å². The molecule has 0 amide bonds. The third-order valence-electron chi connectivity index (χ3n) is 4.45. The number of nitrogens with one attached hydrogen (secondary N) is 1. The van der Waals surface area contributed by atoms with E-state index in [1.165, 1.54) is 31.2 Å². The summed E-state index contributed by atoms with van der Waals surface area (Å²) in [6.07, 6.45) is 9.42. The molecule has 1 aliphatic carbocycles. The molecule has 1 aliphatic rings. The molecule has 2 rings (SSSR count). The van der Waals surface area contributed by atoms with Crippen LogP contribution < -0.4 is 5.32 Å². The predicted molar refractivity (Wildman–Crippen MR) is 90.9 cm³/mol. The van der Waals surface area contributed by atoms with E-state index < -0.39 is 0 Å². The van der Waals surface area contributed by atoms with Gasteiger partial charge in [-0.05, 0) is 19.9 Å². The Morgan fingerprint density at radius 1 is 1.41 bits per heavy atom. The van der Waals surface area contributed by atoms with Crippen molar-refractivity contribution in [3.05, 3.63) is 18.0 Å². The van der Waals surface area contributed by atoms with Crippen LogP contribution in [-0.2, 0) is 13.6 Å². The number of aryl methyl sites for hydroxylation is 1. The zero-order chi connectivity index (χ0) is 15.9. The molecule has 6 heteroatoms. The van der Waals surface area contributed by atoms with Crippen LogP contribution in [0, 0.1) is 0 Å². The smallest absolute Gasteiger partial charge is 0.193 e. The Hall–Kier alpha value is -1.56. The molecule has 1 N–H and O–H groups in total. The maximum atomic E-state index is 4.37. The number of guanidine groups is 1. The van der Waals surface area contributed by atoms with Crippen LogP contribution in [0.1, 0.15) is 31.2 Å². The van der Waals surface area contributed by atoms with Crippen LogP contribution in [0.4, 0.5) is 0 Å². The minimum absolute atomic E-state index is 0.775. The highest BCUT2D eigenvalue weighted by Gasteiger charge is 2.19. The molecular weight excluding hydrogens is 276 g/mol. The van der Waals surface area contributed by atoms with Crippen molar-refractivity contribution < 1.29 is 0 Å². The lowest BCUT2D eigenvalue weighted by atomic mass is 10.2. The fourth-order valence-corrected chi connectivity index (χ4v) is 3.16. The average molecular weight is 306 g/mol. The van der Waals surface area contributed by atoms with Crippen LogP contribution in [-0.4, -0.2) is 65.8 Å². The number of nitrogens with zero attached hydrogens (tertiary/aromatic N) is 5. The summed E-state index contributed by atoms with van der Waals surface area (Å²) in [6, 6.07) is 0.775. The van der Waals surface area contributed by atoms with Gasteiger partial charge in [-0.2, -0.15) is 5.10 Å². The molecule has 0 spiro atoms. The standard InChI is InChI=1S/C16H30N6/c1-17-16(21(3)12-14-11-19-22(4)13-14)18-9-10-20(2)15-7-5-6-8-15/h11,13,15H,5-10,12H2,1-4H3,(H,17,18). The molecule has 0 aromatic carbocycles. The zero-order valence-corrected chi connectivity index (χ0v) is 14.4. The molecule has 6 nitrogen and oxygen atoms in total. The van der Waals surface area contributed by atoms with Crippen molar-refractivity contribution in [2.45, 2.75) is 38.3 Å². The second-order valence-electron chi connectivity index (χ2n) is 6.27. The Kier molecular flexibility index (Phi) is 6.24. The molecule has 0 bridgehead atoms. The summed E-state index contributed by atoms with van der Waals surface area (Å²) in [5, 5.41) is 7.67. The first-order valence-electron chi connectivity index (χ1n) is 8.19. The highest BCUT2D eigenvalue weighted by atomic mass is 15.3. The van der Waals surface area contributed by atoms with Gasteiger partial charge in [0.15, 0.2) is 5.96 Å². The second kappa shape index (κ2) is 8.17. The van der Waals surface area contributed by atoms with Crippen LogP contribution in [0.5, 0.6) is 0 Å². The van der Waals surface area contributed by atoms with Gasteiger partial charge in [0.1, 0.15) is 0 Å². The molecule has 1 heterocycles. The monoisotopic (exact) mass is 306 g/mol. The fourth-order valence-electron chi connectivity index (χ4n) is 3.16. The first-order chi connectivity index (χ1) is 10.6. The Balaban J connectivity index is 1.74. The summed E-state index contributed by atoms with van der Waals surface area (Å²) in [6.45, 7) is 2.80. The van der Waals surface area contributed by atoms with Crippen molar-refractivity contribution in [3.8, 4) is 0 Å². The molecule has 0 radical (unpaired) electrons. The van der Waals surface area contributed by atoms with Crippen molar-refractivity contribution in [1.82, 2.24) is 24.9 Å². The van der Waals surface area contributed by atoms with Crippen LogP contribution >= 0.6 is 0 Å². The minimum atomic E-state index is 0.775. The van der Waals surface area contributed by atoms with Gasteiger partial charge in [0.25, 0.3) is 0 Å². The van der Waals surface area contributed by atoms with Crippen LogP contribution in [0.25, 0.3) is 0 Å². The van der Waals surface area contributed by atoms with Crippen LogP contribution in [0.2, 0.25) is 0 Å². The van der Waals surface area contributed by atoms with E-state index in [0.29, 0.717) is 0 Å².